The maximum atomic E-state index is 11.7. The minimum Gasteiger partial charge on any atom is -0.478 e. The van der Waals surface area contributed by atoms with Gasteiger partial charge in [-0.1, -0.05) is 25.5 Å². The highest BCUT2D eigenvalue weighted by molar-refractivity contribution is 7.90. The number of hydrogen-bond donors (Lipinski definition) is 3. The van der Waals surface area contributed by atoms with Crippen LogP contribution in [0.25, 0.3) is 0 Å². The van der Waals surface area contributed by atoms with Crippen molar-refractivity contribution in [1.82, 2.24) is 4.72 Å². The molecule has 1 aromatic carbocycles. The van der Waals surface area contributed by atoms with Crippen molar-refractivity contribution < 1.29 is 18.3 Å². The van der Waals surface area contributed by atoms with E-state index >= 15 is 0 Å². The Morgan fingerprint density at radius 1 is 1.37 bits per heavy atom. The molecule has 0 saturated carbocycles. The summed E-state index contributed by atoms with van der Waals surface area (Å²) in [4.78, 5) is 11.1. The van der Waals surface area contributed by atoms with Crippen LogP contribution in [0.2, 0.25) is 0 Å². The van der Waals surface area contributed by atoms with E-state index in [9.17, 15) is 13.2 Å². The Balaban J connectivity index is 2.96. The molecule has 1 rings (SSSR count). The van der Waals surface area contributed by atoms with Crippen LogP contribution in [0, 0.1) is 12.8 Å². The van der Waals surface area contributed by atoms with E-state index in [-0.39, 0.29) is 23.7 Å². The van der Waals surface area contributed by atoms with E-state index in [1.54, 1.807) is 13.0 Å². The van der Waals surface area contributed by atoms with Gasteiger partial charge in [0.1, 0.15) is 0 Å². The molecule has 0 fully saturated rings. The fourth-order valence-electron chi connectivity index (χ4n) is 1.38. The fourth-order valence-corrected chi connectivity index (χ4v) is 2.47. The van der Waals surface area contributed by atoms with Gasteiger partial charge in [-0.25, -0.2) is 4.79 Å². The van der Waals surface area contributed by atoms with E-state index in [4.69, 9.17) is 5.11 Å². The second kappa shape index (κ2) is 6.03. The third-order valence-corrected chi connectivity index (χ3v) is 3.37. The van der Waals surface area contributed by atoms with Crippen molar-refractivity contribution in [2.24, 2.45) is 5.92 Å². The van der Waals surface area contributed by atoms with E-state index < -0.39 is 16.2 Å². The molecule has 0 atom stereocenters. The maximum Gasteiger partial charge on any atom is 0.337 e. The Morgan fingerprint density at radius 3 is 2.53 bits per heavy atom. The zero-order valence-electron chi connectivity index (χ0n) is 11.1. The predicted molar refractivity (Wildman–Crippen MR) is 73.5 cm³/mol. The lowest BCUT2D eigenvalue weighted by atomic mass is 10.1. The predicted octanol–water partition coefficient (Wildman–Crippen LogP) is 1.60. The molecule has 0 radical (unpaired) electrons. The van der Waals surface area contributed by atoms with Gasteiger partial charge < -0.3 is 5.11 Å². The molecule has 0 bridgehead atoms. The molecule has 3 N–H and O–H groups in total. The van der Waals surface area contributed by atoms with Crippen molar-refractivity contribution in [3.8, 4) is 0 Å². The molecular weight excluding hydrogens is 268 g/mol. The summed E-state index contributed by atoms with van der Waals surface area (Å²) in [6.45, 7) is 5.76. The van der Waals surface area contributed by atoms with Crippen LogP contribution in [-0.2, 0) is 10.2 Å². The molecule has 0 heterocycles. The van der Waals surface area contributed by atoms with Crippen LogP contribution >= 0.6 is 0 Å². The molecular formula is C12H18N2O4S. The van der Waals surface area contributed by atoms with Crippen LogP contribution in [0.5, 0.6) is 0 Å². The lowest BCUT2D eigenvalue weighted by molar-refractivity contribution is 0.0698. The van der Waals surface area contributed by atoms with Gasteiger partial charge in [-0.3, -0.25) is 4.72 Å². The van der Waals surface area contributed by atoms with Gasteiger partial charge >= 0.3 is 5.97 Å². The summed E-state index contributed by atoms with van der Waals surface area (Å²) in [5.41, 5.74) is 0.722. The van der Waals surface area contributed by atoms with Crippen LogP contribution in [0.3, 0.4) is 0 Å². The number of aromatic carboxylic acids is 1. The van der Waals surface area contributed by atoms with Crippen molar-refractivity contribution >= 4 is 21.9 Å². The lowest BCUT2D eigenvalue weighted by Crippen LogP contribution is -2.33. The number of benzene rings is 1. The normalized spacial score (nSPS) is 11.6. The quantitative estimate of drug-likeness (QED) is 0.740. The van der Waals surface area contributed by atoms with Crippen LogP contribution < -0.4 is 9.44 Å². The van der Waals surface area contributed by atoms with Gasteiger partial charge in [-0.05, 0) is 25.0 Å². The number of aryl methyl sites for hydroxylation is 1. The first-order chi connectivity index (χ1) is 8.71. The summed E-state index contributed by atoms with van der Waals surface area (Å²) < 4.78 is 28.1. The highest BCUT2D eigenvalue weighted by Gasteiger charge is 2.16. The minimum absolute atomic E-state index is 0.0503. The van der Waals surface area contributed by atoms with Crippen LogP contribution in [-0.4, -0.2) is 26.0 Å². The van der Waals surface area contributed by atoms with E-state index in [1.807, 2.05) is 13.8 Å². The summed E-state index contributed by atoms with van der Waals surface area (Å²) in [6.07, 6.45) is 0. The largest absolute Gasteiger partial charge is 0.478 e. The number of hydrogen-bond acceptors (Lipinski definition) is 3. The fraction of sp³-hybridized carbons (Fsp3) is 0.417. The second-order valence-electron chi connectivity index (χ2n) is 4.70. The number of nitrogens with one attached hydrogen (secondary N) is 2. The molecule has 0 saturated heterocycles. The Hall–Kier alpha value is -1.60. The molecule has 7 heteroatoms. The lowest BCUT2D eigenvalue weighted by Gasteiger charge is -2.13. The molecule has 0 aliphatic heterocycles. The van der Waals surface area contributed by atoms with Crippen molar-refractivity contribution in [2.75, 3.05) is 11.3 Å². The van der Waals surface area contributed by atoms with E-state index in [1.165, 1.54) is 12.1 Å². The van der Waals surface area contributed by atoms with Crippen molar-refractivity contribution in [2.45, 2.75) is 20.8 Å². The van der Waals surface area contributed by atoms with Gasteiger partial charge in [0.2, 0.25) is 0 Å². The average molecular weight is 286 g/mol. The number of carboxylic acid groups (broad SMARTS) is 1. The second-order valence-corrected chi connectivity index (χ2v) is 6.20. The van der Waals surface area contributed by atoms with Crippen LogP contribution in [0.15, 0.2) is 18.2 Å². The van der Waals surface area contributed by atoms with Gasteiger partial charge in [-0.15, -0.1) is 0 Å². The molecule has 0 amide bonds. The van der Waals surface area contributed by atoms with Crippen LogP contribution in [0.1, 0.15) is 29.8 Å². The molecule has 0 aromatic heterocycles. The Labute approximate surface area is 113 Å². The SMILES string of the molecule is Cc1ccc(NS(=O)(=O)NCC(C)C)c(C(=O)O)c1. The van der Waals surface area contributed by atoms with Gasteiger partial charge in [0.05, 0.1) is 11.3 Å². The first kappa shape index (κ1) is 15.5. The first-order valence-electron chi connectivity index (χ1n) is 5.82. The number of carboxylic acids is 1. The Kier molecular flexibility index (Phi) is 4.90. The van der Waals surface area contributed by atoms with E-state index in [2.05, 4.69) is 9.44 Å². The topological polar surface area (TPSA) is 95.5 Å². The van der Waals surface area contributed by atoms with Crippen molar-refractivity contribution in [3.63, 3.8) is 0 Å². The van der Waals surface area contributed by atoms with Crippen molar-refractivity contribution in [3.05, 3.63) is 29.3 Å². The summed E-state index contributed by atoms with van der Waals surface area (Å²) in [6, 6.07) is 4.50. The highest BCUT2D eigenvalue weighted by Crippen LogP contribution is 2.18. The van der Waals surface area contributed by atoms with Gasteiger partial charge in [0.15, 0.2) is 0 Å². The van der Waals surface area contributed by atoms with E-state index in [0.29, 0.717) is 0 Å². The van der Waals surface area contributed by atoms with Crippen molar-refractivity contribution in [1.29, 1.82) is 0 Å². The standard InChI is InChI=1S/C12H18N2O4S/c1-8(2)7-13-19(17,18)14-11-5-4-9(3)6-10(11)12(15)16/h4-6,8,13-14H,7H2,1-3H3,(H,15,16). The zero-order valence-corrected chi connectivity index (χ0v) is 11.9. The smallest absolute Gasteiger partial charge is 0.337 e. The summed E-state index contributed by atoms with van der Waals surface area (Å²) in [7, 11) is -3.76. The molecule has 6 nitrogen and oxygen atoms in total. The monoisotopic (exact) mass is 286 g/mol. The van der Waals surface area contributed by atoms with Gasteiger partial charge in [-0.2, -0.15) is 13.1 Å². The molecule has 0 unspecified atom stereocenters. The molecule has 0 aliphatic rings. The van der Waals surface area contributed by atoms with E-state index in [0.717, 1.165) is 5.56 Å². The Morgan fingerprint density at radius 2 is 2.00 bits per heavy atom. The third kappa shape index (κ3) is 4.88. The van der Waals surface area contributed by atoms with Gasteiger partial charge in [0, 0.05) is 6.54 Å². The number of anilines is 1. The molecule has 19 heavy (non-hydrogen) atoms. The average Bonchev–Trinajstić information content (AvgIpc) is 2.28. The first-order valence-corrected chi connectivity index (χ1v) is 7.31. The summed E-state index contributed by atoms with van der Waals surface area (Å²) >= 11 is 0. The molecule has 106 valence electrons. The molecule has 1 aromatic rings. The summed E-state index contributed by atoms with van der Waals surface area (Å²) in [5.74, 6) is -1.02. The Bertz CT molecular complexity index is 567. The minimum atomic E-state index is -3.76. The number of rotatable bonds is 6. The van der Waals surface area contributed by atoms with Gasteiger partial charge in [0.25, 0.3) is 10.2 Å². The number of carbonyl (C=O) groups is 1. The summed E-state index contributed by atoms with van der Waals surface area (Å²) in [5, 5.41) is 9.05. The van der Waals surface area contributed by atoms with Crippen LogP contribution in [0.4, 0.5) is 5.69 Å². The zero-order chi connectivity index (χ0) is 14.6. The third-order valence-electron chi connectivity index (χ3n) is 2.33. The molecule has 0 spiro atoms. The molecule has 0 aliphatic carbocycles. The highest BCUT2D eigenvalue weighted by atomic mass is 32.2. The maximum absolute atomic E-state index is 11.7.